The van der Waals surface area contributed by atoms with Gasteiger partial charge in [-0.3, -0.25) is 9.69 Å². The lowest BCUT2D eigenvalue weighted by Gasteiger charge is -2.28. The van der Waals surface area contributed by atoms with Gasteiger partial charge in [-0.25, -0.2) is 17.8 Å². The largest absolute Gasteiger partial charge is 0.350 e. The standard InChI is InChI=1S/C20H24FN3O3S2/c21-15-5-3-14(4-6-15)9-20-22-16(11-28-20)10-19(25)23-17-12-29(26,27)13-18(17)24-7-1-2-8-24/h3-6,11,17-18H,1-2,7-10,12-13H2,(H,23,25). The lowest BCUT2D eigenvalue weighted by Crippen LogP contribution is -2.50. The molecule has 1 aromatic carbocycles. The van der Waals surface area contributed by atoms with Crippen LogP contribution in [0.4, 0.5) is 4.39 Å². The van der Waals surface area contributed by atoms with Gasteiger partial charge in [-0.15, -0.1) is 11.3 Å². The van der Waals surface area contributed by atoms with Gasteiger partial charge in [-0.1, -0.05) is 12.1 Å². The summed E-state index contributed by atoms with van der Waals surface area (Å²) in [5.41, 5.74) is 1.63. The maximum Gasteiger partial charge on any atom is 0.226 e. The first-order chi connectivity index (χ1) is 13.9. The molecule has 156 valence electrons. The molecular weight excluding hydrogens is 413 g/mol. The molecule has 2 saturated heterocycles. The summed E-state index contributed by atoms with van der Waals surface area (Å²) in [6, 6.07) is 5.80. The van der Waals surface area contributed by atoms with Crippen molar-refractivity contribution in [3.63, 3.8) is 0 Å². The molecule has 1 aromatic heterocycles. The van der Waals surface area contributed by atoms with Crippen LogP contribution in [0, 0.1) is 5.82 Å². The number of carbonyl (C=O) groups is 1. The van der Waals surface area contributed by atoms with Crippen molar-refractivity contribution in [2.24, 2.45) is 0 Å². The lowest BCUT2D eigenvalue weighted by molar-refractivity contribution is -0.121. The third-order valence-corrected chi connectivity index (χ3v) is 8.10. The molecule has 1 N–H and O–H groups in total. The van der Waals surface area contributed by atoms with Crippen molar-refractivity contribution >= 4 is 27.1 Å². The average molecular weight is 438 g/mol. The number of carbonyl (C=O) groups excluding carboxylic acids is 1. The van der Waals surface area contributed by atoms with Gasteiger partial charge in [0.1, 0.15) is 5.82 Å². The number of nitrogens with one attached hydrogen (secondary N) is 1. The van der Waals surface area contributed by atoms with E-state index in [1.165, 1.54) is 23.5 Å². The van der Waals surface area contributed by atoms with Gasteiger partial charge in [0.15, 0.2) is 9.84 Å². The third kappa shape index (κ3) is 5.21. The third-order valence-electron chi connectivity index (χ3n) is 5.49. The molecule has 6 nitrogen and oxygen atoms in total. The number of halogens is 1. The Hall–Kier alpha value is -1.84. The van der Waals surface area contributed by atoms with Crippen LogP contribution in [-0.4, -0.2) is 60.9 Å². The van der Waals surface area contributed by atoms with Crippen LogP contribution >= 0.6 is 11.3 Å². The van der Waals surface area contributed by atoms with E-state index < -0.39 is 9.84 Å². The molecule has 0 radical (unpaired) electrons. The van der Waals surface area contributed by atoms with E-state index in [4.69, 9.17) is 0 Å². The summed E-state index contributed by atoms with van der Waals surface area (Å²) in [5, 5.41) is 5.65. The molecule has 9 heteroatoms. The number of aromatic nitrogens is 1. The quantitative estimate of drug-likeness (QED) is 0.746. The van der Waals surface area contributed by atoms with Crippen molar-refractivity contribution in [2.45, 2.75) is 37.8 Å². The van der Waals surface area contributed by atoms with E-state index in [0.717, 1.165) is 36.5 Å². The molecule has 4 rings (SSSR count). The molecule has 2 aliphatic rings. The number of amides is 1. The van der Waals surface area contributed by atoms with E-state index in [1.807, 2.05) is 5.38 Å². The van der Waals surface area contributed by atoms with Crippen LogP contribution in [0.1, 0.15) is 29.1 Å². The van der Waals surface area contributed by atoms with Gasteiger partial charge in [0.2, 0.25) is 5.91 Å². The lowest BCUT2D eigenvalue weighted by atomic mass is 10.1. The Morgan fingerprint density at radius 3 is 2.66 bits per heavy atom. The fourth-order valence-corrected chi connectivity index (χ4v) is 6.89. The van der Waals surface area contributed by atoms with Crippen LogP contribution in [0.25, 0.3) is 0 Å². The molecule has 2 aliphatic heterocycles. The number of nitrogens with zero attached hydrogens (tertiary/aromatic N) is 2. The van der Waals surface area contributed by atoms with Gasteiger partial charge in [-0.05, 0) is 43.6 Å². The summed E-state index contributed by atoms with van der Waals surface area (Å²) in [6.07, 6.45) is 2.87. The van der Waals surface area contributed by atoms with Crippen LogP contribution < -0.4 is 5.32 Å². The second kappa shape index (κ2) is 8.49. The minimum atomic E-state index is -3.13. The molecule has 3 heterocycles. The smallest absolute Gasteiger partial charge is 0.226 e. The molecule has 0 aliphatic carbocycles. The molecule has 29 heavy (non-hydrogen) atoms. The van der Waals surface area contributed by atoms with E-state index in [2.05, 4.69) is 15.2 Å². The maximum atomic E-state index is 13.0. The maximum absolute atomic E-state index is 13.0. The zero-order valence-electron chi connectivity index (χ0n) is 16.0. The molecule has 1 amide bonds. The highest BCUT2D eigenvalue weighted by Crippen LogP contribution is 2.23. The Bertz CT molecular complexity index is 969. The number of likely N-dealkylation sites (tertiary alicyclic amines) is 1. The summed E-state index contributed by atoms with van der Waals surface area (Å²) in [7, 11) is -3.13. The fraction of sp³-hybridized carbons (Fsp3) is 0.500. The summed E-state index contributed by atoms with van der Waals surface area (Å²) in [5.74, 6) is -0.343. The number of thiazole rings is 1. The Labute approximate surface area is 174 Å². The molecule has 0 saturated carbocycles. The number of benzene rings is 1. The van der Waals surface area contributed by atoms with Crippen LogP contribution in [0.5, 0.6) is 0 Å². The van der Waals surface area contributed by atoms with Crippen molar-refractivity contribution in [2.75, 3.05) is 24.6 Å². The molecule has 2 fully saturated rings. The zero-order valence-corrected chi connectivity index (χ0v) is 17.6. The minimum absolute atomic E-state index is 0.00674. The second-order valence-corrected chi connectivity index (χ2v) is 10.9. The van der Waals surface area contributed by atoms with Crippen molar-refractivity contribution in [1.82, 2.24) is 15.2 Å². The fourth-order valence-electron chi connectivity index (χ4n) is 4.11. The average Bonchev–Trinajstić information content (AvgIpc) is 3.38. The summed E-state index contributed by atoms with van der Waals surface area (Å²) in [4.78, 5) is 19.2. The van der Waals surface area contributed by atoms with E-state index in [-0.39, 0.29) is 41.7 Å². The summed E-state index contributed by atoms with van der Waals surface area (Å²) in [6.45, 7) is 1.79. The van der Waals surface area contributed by atoms with E-state index >= 15 is 0 Å². The molecular formula is C20H24FN3O3S2. The van der Waals surface area contributed by atoms with Gasteiger partial charge in [-0.2, -0.15) is 0 Å². The van der Waals surface area contributed by atoms with Gasteiger partial charge in [0.05, 0.1) is 34.7 Å². The Morgan fingerprint density at radius 1 is 1.21 bits per heavy atom. The first-order valence-electron chi connectivity index (χ1n) is 9.79. The molecule has 2 atom stereocenters. The Balaban J connectivity index is 1.35. The normalized spacial score (nSPS) is 24.0. The molecule has 0 spiro atoms. The van der Waals surface area contributed by atoms with Crippen molar-refractivity contribution in [3.8, 4) is 0 Å². The summed E-state index contributed by atoms with van der Waals surface area (Å²) >= 11 is 1.47. The minimum Gasteiger partial charge on any atom is -0.350 e. The predicted octanol–water partition coefficient (Wildman–Crippen LogP) is 1.79. The van der Waals surface area contributed by atoms with Crippen LogP contribution in [0.15, 0.2) is 29.6 Å². The number of sulfone groups is 1. The number of rotatable bonds is 6. The van der Waals surface area contributed by atoms with Crippen LogP contribution in [0.3, 0.4) is 0 Å². The monoisotopic (exact) mass is 437 g/mol. The first kappa shape index (κ1) is 20.4. The van der Waals surface area contributed by atoms with Crippen molar-refractivity contribution in [3.05, 3.63) is 51.7 Å². The van der Waals surface area contributed by atoms with Crippen molar-refractivity contribution in [1.29, 1.82) is 0 Å². The molecule has 2 aromatic rings. The van der Waals surface area contributed by atoms with Crippen LogP contribution in [0.2, 0.25) is 0 Å². The molecule has 2 unspecified atom stereocenters. The van der Waals surface area contributed by atoms with Gasteiger partial charge in [0.25, 0.3) is 0 Å². The van der Waals surface area contributed by atoms with Gasteiger partial charge < -0.3 is 5.32 Å². The Morgan fingerprint density at radius 2 is 1.93 bits per heavy atom. The zero-order chi connectivity index (χ0) is 20.4. The number of hydrogen-bond donors (Lipinski definition) is 1. The second-order valence-electron chi connectivity index (χ2n) is 7.77. The highest BCUT2D eigenvalue weighted by atomic mass is 32.2. The predicted molar refractivity (Wildman–Crippen MR) is 110 cm³/mol. The Kier molecular flexibility index (Phi) is 5.98. The highest BCUT2D eigenvalue weighted by Gasteiger charge is 2.42. The van der Waals surface area contributed by atoms with Crippen LogP contribution in [-0.2, 0) is 27.5 Å². The van der Waals surface area contributed by atoms with Gasteiger partial charge >= 0.3 is 0 Å². The van der Waals surface area contributed by atoms with E-state index in [1.54, 1.807) is 12.1 Å². The van der Waals surface area contributed by atoms with E-state index in [0.29, 0.717) is 12.1 Å². The van der Waals surface area contributed by atoms with Gasteiger partial charge in [0, 0.05) is 17.8 Å². The summed E-state index contributed by atoms with van der Waals surface area (Å²) < 4.78 is 37.3. The van der Waals surface area contributed by atoms with Crippen molar-refractivity contribution < 1.29 is 17.6 Å². The highest BCUT2D eigenvalue weighted by molar-refractivity contribution is 7.91. The topological polar surface area (TPSA) is 79.4 Å². The SMILES string of the molecule is O=C(Cc1csc(Cc2ccc(F)cc2)n1)NC1CS(=O)(=O)CC1N1CCCC1. The molecule has 0 bridgehead atoms. The first-order valence-corrected chi connectivity index (χ1v) is 12.5. The van der Waals surface area contributed by atoms with E-state index in [9.17, 15) is 17.6 Å². The number of hydrogen-bond acceptors (Lipinski definition) is 6.